The van der Waals surface area contributed by atoms with Gasteiger partial charge in [0.2, 0.25) is 0 Å². The Morgan fingerprint density at radius 3 is 2.67 bits per heavy atom. The van der Waals surface area contributed by atoms with Crippen LogP contribution in [0.3, 0.4) is 0 Å². The predicted octanol–water partition coefficient (Wildman–Crippen LogP) is 2.69. The summed E-state index contributed by atoms with van der Waals surface area (Å²) >= 11 is 1.78. The third-order valence-corrected chi connectivity index (χ3v) is 7.34. The molecule has 2 aliphatic heterocycles. The Kier molecular flexibility index (Phi) is 7.57. The molecular weight excluding hydrogens is 458 g/mol. The highest BCUT2D eigenvalue weighted by molar-refractivity contribution is 7.98. The number of carbonyl (C=O) groups is 1. The summed E-state index contributed by atoms with van der Waals surface area (Å²) < 4.78 is 0. The number of hydrogen-bond acceptors (Lipinski definition) is 6. The number of rotatable bonds is 5. The lowest BCUT2D eigenvalue weighted by molar-refractivity contribution is 0.0948. The molecule has 33 heavy (non-hydrogen) atoms. The summed E-state index contributed by atoms with van der Waals surface area (Å²) in [6, 6.07) is 9.68. The minimum atomic E-state index is -0.0625. The van der Waals surface area contributed by atoms with Gasteiger partial charge in [-0.15, -0.1) is 12.4 Å². The van der Waals surface area contributed by atoms with Crippen LogP contribution in [-0.2, 0) is 12.2 Å². The summed E-state index contributed by atoms with van der Waals surface area (Å²) in [7, 11) is 0. The van der Waals surface area contributed by atoms with Crippen molar-refractivity contribution in [1.82, 2.24) is 20.2 Å². The van der Waals surface area contributed by atoms with Gasteiger partial charge in [0.05, 0.1) is 0 Å². The highest BCUT2D eigenvalue weighted by Crippen LogP contribution is 2.28. The molecule has 0 spiro atoms. The number of H-pyrrole nitrogens is 1. The fourth-order valence-electron chi connectivity index (χ4n) is 4.54. The normalized spacial score (nSPS) is 16.2. The zero-order valence-electron chi connectivity index (χ0n) is 18.4. The third kappa shape index (κ3) is 5.18. The van der Waals surface area contributed by atoms with Gasteiger partial charge >= 0.3 is 0 Å². The number of aromatic amines is 1. The first kappa shape index (κ1) is 23.6. The van der Waals surface area contributed by atoms with Crippen LogP contribution >= 0.6 is 24.2 Å². The Morgan fingerprint density at radius 2 is 1.88 bits per heavy atom. The molecule has 0 bridgehead atoms. The largest absolute Gasteiger partial charge is 0.369 e. The van der Waals surface area contributed by atoms with Crippen LogP contribution in [0.25, 0.3) is 10.9 Å². The maximum atomic E-state index is 12.8. The highest BCUT2D eigenvalue weighted by Gasteiger charge is 2.19. The van der Waals surface area contributed by atoms with E-state index in [1.54, 1.807) is 17.8 Å². The number of thioether (sulfide) groups is 1. The Morgan fingerprint density at radius 1 is 1.09 bits per heavy atom. The molecule has 2 aromatic heterocycles. The lowest BCUT2D eigenvalue weighted by atomic mass is 9.99. The molecular formula is C24H28ClN5O2S. The van der Waals surface area contributed by atoms with Crippen molar-refractivity contribution in [3.8, 4) is 0 Å². The lowest BCUT2D eigenvalue weighted by Gasteiger charge is -2.36. The number of anilines is 1. The van der Waals surface area contributed by atoms with Crippen LogP contribution in [0, 0.1) is 0 Å². The maximum absolute atomic E-state index is 12.8. The molecule has 0 unspecified atom stereocenters. The highest BCUT2D eigenvalue weighted by atomic mass is 35.5. The topological polar surface area (TPSA) is 81.3 Å². The van der Waals surface area contributed by atoms with Crippen LogP contribution in [0.4, 0.5) is 5.69 Å². The van der Waals surface area contributed by atoms with E-state index in [-0.39, 0.29) is 23.9 Å². The maximum Gasteiger partial charge on any atom is 0.252 e. The number of aromatic nitrogens is 2. The molecule has 9 heteroatoms. The number of carbonyl (C=O) groups excluding carboxylic acids is 1. The van der Waals surface area contributed by atoms with Crippen LogP contribution in [-0.4, -0.2) is 65.8 Å². The van der Waals surface area contributed by atoms with E-state index in [4.69, 9.17) is 0 Å². The number of hydrogen-bond donors (Lipinski definition) is 2. The summed E-state index contributed by atoms with van der Waals surface area (Å²) in [5.41, 5.74) is 4.63. The van der Waals surface area contributed by atoms with E-state index in [9.17, 15) is 9.59 Å². The minimum absolute atomic E-state index is 0. The second-order valence-electron chi connectivity index (χ2n) is 8.26. The van der Waals surface area contributed by atoms with Crippen LogP contribution in [0.1, 0.15) is 21.5 Å². The van der Waals surface area contributed by atoms with E-state index in [1.807, 2.05) is 36.7 Å². The van der Waals surface area contributed by atoms with Gasteiger partial charge in [0.25, 0.3) is 11.5 Å². The first-order chi connectivity index (χ1) is 15.7. The van der Waals surface area contributed by atoms with E-state index < -0.39 is 0 Å². The van der Waals surface area contributed by atoms with E-state index in [2.05, 4.69) is 25.1 Å². The summed E-state index contributed by atoms with van der Waals surface area (Å²) in [5.74, 6) is 1.69. The van der Waals surface area contributed by atoms with Crippen molar-refractivity contribution in [2.75, 3.05) is 49.9 Å². The van der Waals surface area contributed by atoms with Crippen LogP contribution < -0.4 is 15.8 Å². The molecule has 7 nitrogen and oxygen atoms in total. The second-order valence-corrected chi connectivity index (χ2v) is 9.37. The number of fused-ring (bicyclic) bond motifs is 3. The van der Waals surface area contributed by atoms with Gasteiger partial charge in [-0.3, -0.25) is 19.5 Å². The molecule has 2 N–H and O–H groups in total. The number of aryl methyl sites for hydroxylation is 1. The molecule has 2 aliphatic rings. The number of nitrogens with one attached hydrogen (secondary N) is 2. The smallest absolute Gasteiger partial charge is 0.252 e. The van der Waals surface area contributed by atoms with E-state index >= 15 is 0 Å². The molecule has 4 heterocycles. The quantitative estimate of drug-likeness (QED) is 0.578. The third-order valence-electron chi connectivity index (χ3n) is 6.35. The number of benzene rings is 1. The molecule has 5 rings (SSSR count). The van der Waals surface area contributed by atoms with Gasteiger partial charge in [-0.2, -0.15) is 11.8 Å². The molecule has 0 atom stereocenters. The summed E-state index contributed by atoms with van der Waals surface area (Å²) in [6.45, 7) is 5.36. The summed E-state index contributed by atoms with van der Waals surface area (Å²) in [6.07, 6.45) is 4.53. The average molecular weight is 486 g/mol. The number of amides is 1. The first-order valence-corrected chi connectivity index (χ1v) is 12.3. The number of nitrogens with zero attached hydrogens (tertiary/aromatic N) is 3. The molecule has 174 valence electrons. The van der Waals surface area contributed by atoms with E-state index in [0.717, 1.165) is 72.7 Å². The van der Waals surface area contributed by atoms with Crippen molar-refractivity contribution >= 4 is 46.7 Å². The van der Waals surface area contributed by atoms with Gasteiger partial charge < -0.3 is 15.2 Å². The lowest BCUT2D eigenvalue weighted by Crippen LogP contribution is -2.48. The van der Waals surface area contributed by atoms with E-state index in [0.29, 0.717) is 12.1 Å². The number of halogens is 1. The Balaban J connectivity index is 0.00000259. The Hall–Kier alpha value is -2.55. The second kappa shape index (κ2) is 10.6. The predicted molar refractivity (Wildman–Crippen MR) is 137 cm³/mol. The van der Waals surface area contributed by atoms with Crippen molar-refractivity contribution in [3.05, 3.63) is 69.8 Å². The van der Waals surface area contributed by atoms with Crippen molar-refractivity contribution in [2.24, 2.45) is 0 Å². The van der Waals surface area contributed by atoms with Crippen molar-refractivity contribution in [1.29, 1.82) is 0 Å². The van der Waals surface area contributed by atoms with Crippen LogP contribution in [0.2, 0.25) is 0 Å². The van der Waals surface area contributed by atoms with E-state index in [1.165, 1.54) is 5.69 Å². The monoisotopic (exact) mass is 485 g/mol. The van der Waals surface area contributed by atoms with Gasteiger partial charge in [0.15, 0.2) is 0 Å². The zero-order chi connectivity index (χ0) is 21.9. The molecule has 0 radical (unpaired) electrons. The first-order valence-electron chi connectivity index (χ1n) is 11.1. The van der Waals surface area contributed by atoms with Gasteiger partial charge in [-0.1, -0.05) is 0 Å². The number of pyridine rings is 2. The Labute approximate surface area is 203 Å². The molecule has 3 aromatic rings. The molecule has 1 saturated heterocycles. The molecule has 1 fully saturated rings. The van der Waals surface area contributed by atoms with Gasteiger partial charge in [0.1, 0.15) is 0 Å². The molecule has 0 saturated carbocycles. The molecule has 0 aliphatic carbocycles. The van der Waals surface area contributed by atoms with Crippen molar-refractivity contribution < 1.29 is 4.79 Å². The summed E-state index contributed by atoms with van der Waals surface area (Å²) in [5, 5.41) is 4.07. The van der Waals surface area contributed by atoms with Gasteiger partial charge in [-0.05, 0) is 48.1 Å². The fraction of sp³-hybridized carbons (Fsp3) is 0.375. The molecule has 1 amide bonds. The average Bonchev–Trinajstić information content (AvgIpc) is 2.85. The standard InChI is InChI=1S/C24H27N5O2S.ClH/c30-23(26-8-9-28-10-12-29(13-11-28)18-3-6-25-7-4-18)17-1-2-22-20(15-17)19-5-14-32-16-21(19)24(31)27-22;/h1-4,6-7,15H,5,8-14,16H2,(H,26,30)(H,27,31);1H. The van der Waals surface area contributed by atoms with Crippen molar-refractivity contribution in [2.45, 2.75) is 12.2 Å². The van der Waals surface area contributed by atoms with Crippen LogP contribution in [0.15, 0.2) is 47.5 Å². The molecule has 1 aromatic carbocycles. The fourth-order valence-corrected chi connectivity index (χ4v) is 5.54. The zero-order valence-corrected chi connectivity index (χ0v) is 20.0. The van der Waals surface area contributed by atoms with Gasteiger partial charge in [-0.25, -0.2) is 0 Å². The van der Waals surface area contributed by atoms with Gasteiger partial charge in [0, 0.05) is 85.1 Å². The van der Waals surface area contributed by atoms with Crippen molar-refractivity contribution in [3.63, 3.8) is 0 Å². The minimum Gasteiger partial charge on any atom is -0.369 e. The van der Waals surface area contributed by atoms with Crippen LogP contribution in [0.5, 0.6) is 0 Å². The summed E-state index contributed by atoms with van der Waals surface area (Å²) in [4.78, 5) is 36.9. The number of piperazine rings is 1. The SMILES string of the molecule is Cl.O=C(NCCN1CCN(c2ccncc2)CC1)c1ccc2[nH]c(=O)c3c(c2c1)CCSC3. The Bertz CT molecular complexity index is 1180.